The first-order chi connectivity index (χ1) is 8.41. The van der Waals surface area contributed by atoms with Gasteiger partial charge in [0.05, 0.1) is 29.5 Å². The van der Waals surface area contributed by atoms with Crippen LogP contribution in [0.15, 0.2) is 18.2 Å². The number of nitro benzene ring substituents is 1. The van der Waals surface area contributed by atoms with Crippen molar-refractivity contribution in [2.75, 3.05) is 30.8 Å². The van der Waals surface area contributed by atoms with E-state index in [2.05, 4.69) is 5.32 Å². The first-order valence-electron chi connectivity index (χ1n) is 5.14. The summed E-state index contributed by atoms with van der Waals surface area (Å²) in [5.41, 5.74) is 4.30. The molecule has 0 radical (unpaired) electrons. The van der Waals surface area contributed by atoms with Crippen molar-refractivity contribution in [1.29, 1.82) is 0 Å². The van der Waals surface area contributed by atoms with Crippen LogP contribution in [0.3, 0.4) is 0 Å². The molecule has 0 aliphatic rings. The van der Waals surface area contributed by atoms with Crippen LogP contribution >= 0.6 is 0 Å². The lowest BCUT2D eigenvalue weighted by Gasteiger charge is -2.24. The molecule has 1 aromatic carbocycles. The minimum absolute atomic E-state index is 0.137. The minimum atomic E-state index is -1.67. The maximum Gasteiger partial charge on any atom is 0.271 e. The van der Waals surface area contributed by atoms with Gasteiger partial charge in [-0.2, -0.15) is 0 Å². The van der Waals surface area contributed by atoms with Crippen LogP contribution in [0.1, 0.15) is 0 Å². The molecule has 0 saturated heterocycles. The van der Waals surface area contributed by atoms with Gasteiger partial charge in [-0.3, -0.25) is 10.1 Å². The Balaban J connectivity index is 2.77. The van der Waals surface area contributed by atoms with Crippen LogP contribution in [0.25, 0.3) is 0 Å². The molecule has 0 saturated carbocycles. The van der Waals surface area contributed by atoms with Gasteiger partial charge in [-0.25, -0.2) is 0 Å². The van der Waals surface area contributed by atoms with Crippen molar-refractivity contribution in [3.63, 3.8) is 0 Å². The normalized spacial score (nSPS) is 11.3. The molecule has 1 rings (SSSR count). The molecule has 0 unspecified atom stereocenters. The van der Waals surface area contributed by atoms with E-state index in [0.29, 0.717) is 5.69 Å². The molecule has 100 valence electrons. The number of rotatable bonds is 6. The van der Waals surface area contributed by atoms with Gasteiger partial charge in [0.1, 0.15) is 5.60 Å². The zero-order chi connectivity index (χ0) is 13.8. The van der Waals surface area contributed by atoms with Gasteiger partial charge in [0, 0.05) is 18.7 Å². The van der Waals surface area contributed by atoms with E-state index in [1.165, 1.54) is 18.2 Å². The number of anilines is 2. The number of aliphatic hydroxyl groups is 3. The van der Waals surface area contributed by atoms with E-state index in [4.69, 9.17) is 15.9 Å². The van der Waals surface area contributed by atoms with Gasteiger partial charge in [0.15, 0.2) is 0 Å². The molecule has 0 amide bonds. The molecule has 8 nitrogen and oxygen atoms in total. The highest BCUT2D eigenvalue weighted by Crippen LogP contribution is 2.24. The fraction of sp³-hybridized carbons (Fsp3) is 0.400. The molecule has 6 N–H and O–H groups in total. The van der Waals surface area contributed by atoms with Crippen molar-refractivity contribution in [2.24, 2.45) is 0 Å². The monoisotopic (exact) mass is 257 g/mol. The first kappa shape index (κ1) is 14.2. The topological polar surface area (TPSA) is 142 Å². The maximum atomic E-state index is 10.5. The van der Waals surface area contributed by atoms with E-state index in [1.54, 1.807) is 0 Å². The van der Waals surface area contributed by atoms with E-state index in [1.807, 2.05) is 0 Å². The summed E-state index contributed by atoms with van der Waals surface area (Å²) in [6.45, 7) is -1.38. The van der Waals surface area contributed by atoms with Crippen LogP contribution in [0.5, 0.6) is 0 Å². The number of benzene rings is 1. The third-order valence-corrected chi connectivity index (χ3v) is 2.44. The van der Waals surface area contributed by atoms with Gasteiger partial charge in [-0.05, 0) is 6.07 Å². The van der Waals surface area contributed by atoms with Gasteiger partial charge in [0.25, 0.3) is 5.69 Å². The van der Waals surface area contributed by atoms with Gasteiger partial charge in [-0.1, -0.05) is 0 Å². The van der Waals surface area contributed by atoms with Crippen LogP contribution in [0, 0.1) is 10.1 Å². The standard InChI is InChI=1S/C10H15N3O5/c11-8-3-7(13(17)18)1-2-9(8)12-4-10(16,5-14)6-15/h1-3,12,14-16H,4-6,11H2. The lowest BCUT2D eigenvalue weighted by Crippen LogP contribution is -2.44. The molecule has 8 heteroatoms. The summed E-state index contributed by atoms with van der Waals surface area (Å²) in [6, 6.07) is 3.83. The van der Waals surface area contributed by atoms with Gasteiger partial charge < -0.3 is 26.4 Å². The summed E-state index contributed by atoms with van der Waals surface area (Å²) in [6.07, 6.45) is 0. The highest BCUT2D eigenvalue weighted by atomic mass is 16.6. The largest absolute Gasteiger partial charge is 0.397 e. The van der Waals surface area contributed by atoms with Crippen LogP contribution in [0.2, 0.25) is 0 Å². The van der Waals surface area contributed by atoms with Crippen LogP contribution in [-0.2, 0) is 0 Å². The second-order valence-electron chi connectivity index (χ2n) is 3.92. The molecule has 0 heterocycles. The number of nitrogens with one attached hydrogen (secondary N) is 1. The summed E-state index contributed by atoms with van der Waals surface area (Å²) >= 11 is 0. The molecule has 0 fully saturated rings. The molecule has 0 spiro atoms. The van der Waals surface area contributed by atoms with Crippen molar-refractivity contribution in [2.45, 2.75) is 5.60 Å². The SMILES string of the molecule is Nc1cc([N+](=O)[O-])ccc1NCC(O)(CO)CO. The molecule has 0 atom stereocenters. The second kappa shape index (κ2) is 5.63. The Labute approximate surface area is 103 Å². The van der Waals surface area contributed by atoms with Gasteiger partial charge >= 0.3 is 0 Å². The third kappa shape index (κ3) is 3.29. The molecule has 0 aromatic heterocycles. The number of nitro groups is 1. The first-order valence-corrected chi connectivity index (χ1v) is 5.14. The summed E-state index contributed by atoms with van der Waals surface area (Å²) in [5, 5.41) is 40.6. The van der Waals surface area contributed by atoms with E-state index in [9.17, 15) is 15.2 Å². The van der Waals surface area contributed by atoms with E-state index in [0.717, 1.165) is 0 Å². The molecule has 0 aliphatic carbocycles. The third-order valence-electron chi connectivity index (χ3n) is 2.44. The maximum absolute atomic E-state index is 10.5. The molecular weight excluding hydrogens is 242 g/mol. The predicted octanol–water partition coefficient (Wildman–Crippen LogP) is -0.695. The Bertz CT molecular complexity index is 434. The number of nitrogen functional groups attached to an aromatic ring is 1. The van der Waals surface area contributed by atoms with E-state index < -0.39 is 23.7 Å². The van der Waals surface area contributed by atoms with Gasteiger partial charge in [-0.15, -0.1) is 0 Å². The van der Waals surface area contributed by atoms with Gasteiger partial charge in [0.2, 0.25) is 0 Å². The number of nitrogens with two attached hydrogens (primary N) is 1. The Morgan fingerprint density at radius 3 is 2.44 bits per heavy atom. The average Bonchev–Trinajstić information content (AvgIpc) is 2.36. The highest BCUT2D eigenvalue weighted by Gasteiger charge is 2.25. The Hall–Kier alpha value is -1.90. The second-order valence-corrected chi connectivity index (χ2v) is 3.92. The fourth-order valence-corrected chi connectivity index (χ4v) is 1.25. The van der Waals surface area contributed by atoms with Crippen LogP contribution in [-0.4, -0.2) is 45.6 Å². The number of nitrogens with zero attached hydrogens (tertiary/aromatic N) is 1. The van der Waals surface area contributed by atoms with E-state index >= 15 is 0 Å². The molecule has 0 aliphatic heterocycles. The van der Waals surface area contributed by atoms with Crippen molar-refractivity contribution < 1.29 is 20.2 Å². The number of non-ortho nitro benzene ring substituents is 1. The average molecular weight is 257 g/mol. The summed E-state index contributed by atoms with van der Waals surface area (Å²) in [5.74, 6) is 0. The number of hydrogen-bond donors (Lipinski definition) is 5. The predicted molar refractivity (Wildman–Crippen MR) is 65.1 cm³/mol. The highest BCUT2D eigenvalue weighted by molar-refractivity contribution is 5.69. The Kier molecular flexibility index (Phi) is 4.43. The van der Waals surface area contributed by atoms with Crippen molar-refractivity contribution in [3.05, 3.63) is 28.3 Å². The lowest BCUT2D eigenvalue weighted by molar-refractivity contribution is -0.384. The van der Waals surface area contributed by atoms with Crippen LogP contribution in [0.4, 0.5) is 17.1 Å². The Morgan fingerprint density at radius 2 is 2.00 bits per heavy atom. The van der Waals surface area contributed by atoms with Crippen LogP contribution < -0.4 is 11.1 Å². The molecular formula is C10H15N3O5. The molecule has 0 bridgehead atoms. The summed E-state index contributed by atoms with van der Waals surface area (Å²) in [4.78, 5) is 9.93. The molecule has 18 heavy (non-hydrogen) atoms. The summed E-state index contributed by atoms with van der Waals surface area (Å²) < 4.78 is 0. The summed E-state index contributed by atoms with van der Waals surface area (Å²) in [7, 11) is 0. The zero-order valence-corrected chi connectivity index (χ0v) is 9.54. The minimum Gasteiger partial charge on any atom is -0.397 e. The van der Waals surface area contributed by atoms with Crippen molar-refractivity contribution >= 4 is 17.1 Å². The van der Waals surface area contributed by atoms with E-state index in [-0.39, 0.29) is 17.9 Å². The Morgan fingerprint density at radius 1 is 1.39 bits per heavy atom. The number of hydrogen-bond acceptors (Lipinski definition) is 7. The molecule has 1 aromatic rings. The van der Waals surface area contributed by atoms with Crippen molar-refractivity contribution in [3.8, 4) is 0 Å². The smallest absolute Gasteiger partial charge is 0.271 e. The fourth-order valence-electron chi connectivity index (χ4n) is 1.25. The van der Waals surface area contributed by atoms with Crippen molar-refractivity contribution in [1.82, 2.24) is 0 Å². The quantitative estimate of drug-likeness (QED) is 0.258. The zero-order valence-electron chi connectivity index (χ0n) is 9.54. The number of aliphatic hydroxyl groups excluding tert-OH is 2. The lowest BCUT2D eigenvalue weighted by atomic mass is 10.1.